The number of fused-ring (bicyclic) bond motifs is 1. The minimum atomic E-state index is -4.45. The summed E-state index contributed by atoms with van der Waals surface area (Å²) in [5, 5.41) is 0. The second kappa shape index (κ2) is 4.47. The van der Waals surface area contributed by atoms with Crippen LogP contribution in [0.4, 0.5) is 17.6 Å². The molecule has 0 saturated heterocycles. The van der Waals surface area contributed by atoms with Gasteiger partial charge in [0.2, 0.25) is 0 Å². The van der Waals surface area contributed by atoms with E-state index in [0.717, 1.165) is 16.7 Å². The maximum absolute atomic E-state index is 13.6. The van der Waals surface area contributed by atoms with Crippen LogP contribution in [0.1, 0.15) is 5.56 Å². The van der Waals surface area contributed by atoms with Crippen LogP contribution >= 0.6 is 0 Å². The van der Waals surface area contributed by atoms with E-state index in [9.17, 15) is 22.4 Å². The molecular weight excluding hydrogens is 288 g/mol. The smallest absolute Gasteiger partial charge is 0.303 e. The van der Waals surface area contributed by atoms with Gasteiger partial charge in [-0.05, 0) is 36.4 Å². The Morgan fingerprint density at radius 1 is 1.00 bits per heavy atom. The van der Waals surface area contributed by atoms with Crippen LogP contribution in [0.15, 0.2) is 47.3 Å². The Kier molecular flexibility index (Phi) is 2.86. The lowest BCUT2D eigenvalue weighted by atomic mass is 10.2. The lowest BCUT2D eigenvalue weighted by molar-refractivity contribution is -0.137. The molecule has 7 heteroatoms. The lowest BCUT2D eigenvalue weighted by Gasteiger charge is -2.08. The summed E-state index contributed by atoms with van der Waals surface area (Å²) in [7, 11) is 0. The summed E-state index contributed by atoms with van der Waals surface area (Å²) in [5.74, 6) is -0.602. The molecule has 108 valence electrons. The Hall–Kier alpha value is -2.57. The third-order valence-electron chi connectivity index (χ3n) is 3.12. The first-order chi connectivity index (χ1) is 9.88. The van der Waals surface area contributed by atoms with E-state index in [2.05, 4.69) is 4.98 Å². The minimum absolute atomic E-state index is 0.0161. The number of hydrogen-bond donors (Lipinski definition) is 1. The highest BCUT2D eigenvalue weighted by atomic mass is 19.4. The Bertz CT molecular complexity index is 859. The van der Waals surface area contributed by atoms with Crippen molar-refractivity contribution in [3.8, 4) is 5.69 Å². The van der Waals surface area contributed by atoms with E-state index >= 15 is 0 Å². The largest absolute Gasteiger partial charge is 0.416 e. The van der Waals surface area contributed by atoms with Gasteiger partial charge in [-0.25, -0.2) is 9.18 Å². The zero-order valence-corrected chi connectivity index (χ0v) is 10.4. The van der Waals surface area contributed by atoms with Gasteiger partial charge in [0.25, 0.3) is 0 Å². The van der Waals surface area contributed by atoms with Crippen molar-refractivity contribution >= 4 is 11.0 Å². The number of para-hydroxylation sites is 1. The molecule has 21 heavy (non-hydrogen) atoms. The van der Waals surface area contributed by atoms with Gasteiger partial charge in [0.1, 0.15) is 11.3 Å². The topological polar surface area (TPSA) is 37.8 Å². The van der Waals surface area contributed by atoms with Gasteiger partial charge < -0.3 is 4.98 Å². The number of halogens is 4. The Morgan fingerprint density at radius 2 is 1.67 bits per heavy atom. The number of nitrogens with zero attached hydrogens (tertiary/aromatic N) is 1. The third kappa shape index (κ3) is 2.20. The molecule has 1 aromatic heterocycles. The number of imidazole rings is 1. The number of hydrogen-bond acceptors (Lipinski definition) is 1. The minimum Gasteiger partial charge on any atom is -0.303 e. The average molecular weight is 296 g/mol. The quantitative estimate of drug-likeness (QED) is 0.686. The van der Waals surface area contributed by atoms with Crippen LogP contribution in [0.25, 0.3) is 16.7 Å². The normalized spacial score (nSPS) is 12.0. The van der Waals surface area contributed by atoms with Gasteiger partial charge in [0.05, 0.1) is 16.8 Å². The highest BCUT2D eigenvalue weighted by Crippen LogP contribution is 2.29. The van der Waals surface area contributed by atoms with Gasteiger partial charge in [0.15, 0.2) is 0 Å². The third-order valence-corrected chi connectivity index (χ3v) is 3.12. The van der Waals surface area contributed by atoms with Crippen LogP contribution in [0.3, 0.4) is 0 Å². The molecule has 0 saturated carbocycles. The Morgan fingerprint density at radius 3 is 2.29 bits per heavy atom. The highest BCUT2D eigenvalue weighted by Gasteiger charge is 2.30. The molecule has 1 N–H and O–H groups in total. The predicted molar refractivity (Wildman–Crippen MR) is 68.9 cm³/mol. The molecule has 3 aromatic rings. The fraction of sp³-hybridized carbons (Fsp3) is 0.0714. The standard InChI is InChI=1S/C14H8F4N2O/c15-10-2-1-3-11-12(10)19-13(21)20(11)9-6-4-8(5-7-9)14(16,17)18/h1-7H,(H,19,21). The summed E-state index contributed by atoms with van der Waals surface area (Å²) in [6, 6.07) is 8.21. The SMILES string of the molecule is O=c1[nH]c2c(F)cccc2n1-c1ccc(C(F)(F)F)cc1. The predicted octanol–water partition coefficient (Wildman–Crippen LogP) is 3.48. The van der Waals surface area contributed by atoms with Gasteiger partial charge in [-0.3, -0.25) is 4.57 Å². The molecule has 0 fully saturated rings. The monoisotopic (exact) mass is 296 g/mol. The van der Waals surface area contributed by atoms with Crippen molar-refractivity contribution in [2.45, 2.75) is 6.18 Å². The summed E-state index contributed by atoms with van der Waals surface area (Å²) in [6.07, 6.45) is -4.45. The molecule has 0 aliphatic rings. The average Bonchev–Trinajstić information content (AvgIpc) is 2.76. The van der Waals surface area contributed by atoms with Gasteiger partial charge >= 0.3 is 11.9 Å². The fourth-order valence-electron chi connectivity index (χ4n) is 2.15. The molecule has 0 unspecified atom stereocenters. The molecular formula is C14H8F4N2O. The number of nitrogens with one attached hydrogen (secondary N) is 1. The molecule has 3 rings (SSSR count). The Balaban J connectivity index is 2.19. The molecule has 0 atom stereocenters. The molecule has 0 aliphatic carbocycles. The molecule has 2 aromatic carbocycles. The first-order valence-corrected chi connectivity index (χ1v) is 5.95. The number of aromatic amines is 1. The van der Waals surface area contributed by atoms with Crippen LogP contribution in [0.2, 0.25) is 0 Å². The zero-order chi connectivity index (χ0) is 15.2. The van der Waals surface area contributed by atoms with Crippen LogP contribution < -0.4 is 5.69 Å². The molecule has 3 nitrogen and oxygen atoms in total. The number of benzene rings is 2. The van der Waals surface area contributed by atoms with Crippen molar-refractivity contribution < 1.29 is 17.6 Å². The number of aromatic nitrogens is 2. The second-order valence-electron chi connectivity index (χ2n) is 4.44. The first-order valence-electron chi connectivity index (χ1n) is 5.95. The molecule has 0 spiro atoms. The van der Waals surface area contributed by atoms with E-state index in [1.54, 1.807) is 0 Å². The van der Waals surface area contributed by atoms with E-state index in [1.807, 2.05) is 0 Å². The van der Waals surface area contributed by atoms with E-state index in [-0.39, 0.29) is 16.7 Å². The van der Waals surface area contributed by atoms with E-state index < -0.39 is 23.2 Å². The van der Waals surface area contributed by atoms with Crippen molar-refractivity contribution in [1.82, 2.24) is 9.55 Å². The van der Waals surface area contributed by atoms with Gasteiger partial charge in [0, 0.05) is 0 Å². The number of alkyl halides is 3. The fourth-order valence-corrected chi connectivity index (χ4v) is 2.15. The van der Waals surface area contributed by atoms with Crippen molar-refractivity contribution in [2.24, 2.45) is 0 Å². The summed E-state index contributed by atoms with van der Waals surface area (Å²) in [6.45, 7) is 0. The maximum Gasteiger partial charge on any atom is 0.416 e. The summed E-state index contributed by atoms with van der Waals surface area (Å²) in [5.41, 5.74) is -0.924. The lowest BCUT2D eigenvalue weighted by Crippen LogP contribution is -2.15. The Labute approximate surface area is 115 Å². The summed E-state index contributed by atoms with van der Waals surface area (Å²) < 4.78 is 52.3. The molecule has 1 heterocycles. The molecule has 0 amide bonds. The highest BCUT2D eigenvalue weighted by molar-refractivity contribution is 5.77. The van der Waals surface area contributed by atoms with Crippen LogP contribution in [-0.4, -0.2) is 9.55 Å². The zero-order valence-electron chi connectivity index (χ0n) is 10.4. The molecule has 0 radical (unpaired) electrons. The van der Waals surface area contributed by atoms with Crippen molar-refractivity contribution in [2.75, 3.05) is 0 Å². The summed E-state index contributed by atoms with van der Waals surface area (Å²) >= 11 is 0. The van der Waals surface area contributed by atoms with E-state index in [4.69, 9.17) is 0 Å². The second-order valence-corrected chi connectivity index (χ2v) is 4.44. The van der Waals surface area contributed by atoms with E-state index in [1.165, 1.54) is 30.3 Å². The summed E-state index contributed by atoms with van der Waals surface area (Å²) in [4.78, 5) is 14.2. The molecule has 0 bridgehead atoms. The number of H-pyrrole nitrogens is 1. The van der Waals surface area contributed by atoms with Crippen molar-refractivity contribution in [3.05, 3.63) is 64.3 Å². The van der Waals surface area contributed by atoms with Gasteiger partial charge in [-0.2, -0.15) is 13.2 Å². The molecule has 0 aliphatic heterocycles. The van der Waals surface area contributed by atoms with E-state index in [0.29, 0.717) is 0 Å². The van der Waals surface area contributed by atoms with Crippen molar-refractivity contribution in [3.63, 3.8) is 0 Å². The van der Waals surface area contributed by atoms with Crippen molar-refractivity contribution in [1.29, 1.82) is 0 Å². The van der Waals surface area contributed by atoms with Gasteiger partial charge in [-0.1, -0.05) is 6.07 Å². The maximum atomic E-state index is 13.6. The van der Waals surface area contributed by atoms with Crippen LogP contribution in [-0.2, 0) is 6.18 Å². The van der Waals surface area contributed by atoms with Crippen LogP contribution in [0.5, 0.6) is 0 Å². The van der Waals surface area contributed by atoms with Gasteiger partial charge in [-0.15, -0.1) is 0 Å². The van der Waals surface area contributed by atoms with Crippen LogP contribution in [0, 0.1) is 5.82 Å². The number of rotatable bonds is 1. The first kappa shape index (κ1) is 13.4.